The number of hydrogen-bond donors (Lipinski definition) is 1. The van der Waals surface area contributed by atoms with Gasteiger partial charge in [0.2, 0.25) is 5.91 Å². The quantitative estimate of drug-likeness (QED) is 0.811. The van der Waals surface area contributed by atoms with Gasteiger partial charge in [-0.1, -0.05) is 0 Å². The van der Waals surface area contributed by atoms with Crippen LogP contribution >= 0.6 is 0 Å². The molecule has 1 amide bonds. The number of fused-ring (bicyclic) bond motifs is 1. The van der Waals surface area contributed by atoms with Crippen molar-refractivity contribution >= 4 is 17.3 Å². The van der Waals surface area contributed by atoms with E-state index in [1.54, 1.807) is 0 Å². The van der Waals surface area contributed by atoms with E-state index in [1.807, 2.05) is 23.1 Å². The molecule has 1 fully saturated rings. The molecule has 0 unspecified atom stereocenters. The highest BCUT2D eigenvalue weighted by Gasteiger charge is 2.27. The number of nitrogen functional groups attached to an aromatic ring is 1. The van der Waals surface area contributed by atoms with Gasteiger partial charge in [0.15, 0.2) is 0 Å². The summed E-state index contributed by atoms with van der Waals surface area (Å²) in [7, 11) is 2.15. The minimum atomic E-state index is 0.194. The number of amides is 1. The highest BCUT2D eigenvalue weighted by molar-refractivity contribution is 6.01. The molecule has 0 aliphatic carbocycles. The van der Waals surface area contributed by atoms with E-state index in [1.165, 1.54) is 0 Å². The van der Waals surface area contributed by atoms with Crippen LogP contribution in [0.3, 0.4) is 0 Å². The molecule has 0 atom stereocenters. The summed E-state index contributed by atoms with van der Waals surface area (Å²) < 4.78 is 0. The summed E-state index contributed by atoms with van der Waals surface area (Å²) in [5, 5.41) is 0. The Labute approximate surface area is 119 Å². The van der Waals surface area contributed by atoms with Gasteiger partial charge in [0, 0.05) is 50.6 Å². The number of rotatable bonds is 3. The van der Waals surface area contributed by atoms with Gasteiger partial charge in [-0.25, -0.2) is 0 Å². The molecular weight excluding hydrogens is 252 g/mol. The molecule has 0 spiro atoms. The molecule has 2 heterocycles. The van der Waals surface area contributed by atoms with Crippen LogP contribution in [0, 0.1) is 0 Å². The van der Waals surface area contributed by atoms with E-state index in [0.29, 0.717) is 6.42 Å². The molecule has 5 heteroatoms. The topological polar surface area (TPSA) is 52.8 Å². The minimum Gasteiger partial charge on any atom is -0.399 e. The highest BCUT2D eigenvalue weighted by atomic mass is 16.2. The molecule has 108 valence electrons. The van der Waals surface area contributed by atoms with Crippen LogP contribution in [0.1, 0.15) is 5.56 Å². The predicted molar refractivity (Wildman–Crippen MR) is 80.8 cm³/mol. The molecule has 2 aliphatic heterocycles. The Hall–Kier alpha value is -1.59. The first-order valence-corrected chi connectivity index (χ1v) is 7.23. The number of nitrogens with zero attached hydrogens (tertiary/aromatic N) is 3. The van der Waals surface area contributed by atoms with Gasteiger partial charge in [-0.15, -0.1) is 0 Å². The van der Waals surface area contributed by atoms with E-state index in [-0.39, 0.29) is 5.91 Å². The number of carbonyl (C=O) groups excluding carboxylic acids is 1. The summed E-state index contributed by atoms with van der Waals surface area (Å²) in [5.74, 6) is 0.194. The molecule has 5 nitrogen and oxygen atoms in total. The van der Waals surface area contributed by atoms with Crippen molar-refractivity contribution in [2.75, 3.05) is 56.9 Å². The lowest BCUT2D eigenvalue weighted by molar-refractivity contribution is -0.117. The maximum atomic E-state index is 12.1. The molecule has 3 rings (SSSR count). The molecule has 2 N–H and O–H groups in total. The Balaban J connectivity index is 1.62. The van der Waals surface area contributed by atoms with Gasteiger partial charge < -0.3 is 15.5 Å². The third-order valence-electron chi connectivity index (χ3n) is 4.27. The van der Waals surface area contributed by atoms with Crippen LogP contribution in [0.2, 0.25) is 0 Å². The van der Waals surface area contributed by atoms with Gasteiger partial charge in [0.05, 0.1) is 6.42 Å². The van der Waals surface area contributed by atoms with Crippen molar-refractivity contribution in [1.29, 1.82) is 0 Å². The molecule has 0 saturated carbocycles. The van der Waals surface area contributed by atoms with E-state index in [4.69, 9.17) is 5.73 Å². The molecule has 0 bridgehead atoms. The Kier molecular flexibility index (Phi) is 3.63. The second-order valence-corrected chi connectivity index (χ2v) is 5.76. The Morgan fingerprint density at radius 1 is 1.15 bits per heavy atom. The number of likely N-dealkylation sites (N-methyl/N-ethyl adjacent to an activating group) is 1. The largest absolute Gasteiger partial charge is 0.399 e. The van der Waals surface area contributed by atoms with Gasteiger partial charge in [-0.05, 0) is 30.8 Å². The first kappa shape index (κ1) is 13.4. The third-order valence-corrected chi connectivity index (χ3v) is 4.27. The highest BCUT2D eigenvalue weighted by Crippen LogP contribution is 2.30. The number of carbonyl (C=O) groups is 1. The Bertz CT molecular complexity index is 509. The van der Waals surface area contributed by atoms with E-state index in [2.05, 4.69) is 16.8 Å². The summed E-state index contributed by atoms with van der Waals surface area (Å²) in [6.45, 7) is 6.13. The summed E-state index contributed by atoms with van der Waals surface area (Å²) in [6.07, 6.45) is 0.489. The zero-order chi connectivity index (χ0) is 14.1. The van der Waals surface area contributed by atoms with Crippen molar-refractivity contribution in [2.45, 2.75) is 6.42 Å². The van der Waals surface area contributed by atoms with Crippen molar-refractivity contribution in [1.82, 2.24) is 9.80 Å². The van der Waals surface area contributed by atoms with E-state index in [0.717, 1.165) is 56.2 Å². The van der Waals surface area contributed by atoms with Crippen molar-refractivity contribution in [3.8, 4) is 0 Å². The summed E-state index contributed by atoms with van der Waals surface area (Å²) >= 11 is 0. The first-order valence-electron chi connectivity index (χ1n) is 7.23. The fourth-order valence-electron chi connectivity index (χ4n) is 2.96. The van der Waals surface area contributed by atoms with Gasteiger partial charge in [-0.3, -0.25) is 9.69 Å². The van der Waals surface area contributed by atoms with Crippen molar-refractivity contribution in [3.63, 3.8) is 0 Å². The van der Waals surface area contributed by atoms with Crippen LogP contribution < -0.4 is 10.6 Å². The van der Waals surface area contributed by atoms with Gasteiger partial charge in [0.25, 0.3) is 0 Å². The first-order chi connectivity index (χ1) is 9.63. The Morgan fingerprint density at radius 2 is 1.90 bits per heavy atom. The fourth-order valence-corrected chi connectivity index (χ4v) is 2.96. The molecule has 1 aromatic rings. The van der Waals surface area contributed by atoms with Crippen molar-refractivity contribution in [3.05, 3.63) is 23.8 Å². The lowest BCUT2D eigenvalue weighted by atomic mass is 10.1. The maximum absolute atomic E-state index is 12.1. The van der Waals surface area contributed by atoms with Crippen LogP contribution in [0.15, 0.2) is 18.2 Å². The number of benzene rings is 1. The average molecular weight is 274 g/mol. The molecule has 1 saturated heterocycles. The molecule has 2 aliphatic rings. The van der Waals surface area contributed by atoms with Crippen LogP contribution in [0.4, 0.5) is 11.4 Å². The average Bonchev–Trinajstić information content (AvgIpc) is 2.73. The van der Waals surface area contributed by atoms with Gasteiger partial charge in [0.1, 0.15) is 0 Å². The molecule has 0 aromatic heterocycles. The number of nitrogens with two attached hydrogens (primary N) is 1. The van der Waals surface area contributed by atoms with E-state index < -0.39 is 0 Å². The monoisotopic (exact) mass is 274 g/mol. The van der Waals surface area contributed by atoms with Crippen LogP contribution in [-0.2, 0) is 11.2 Å². The zero-order valence-electron chi connectivity index (χ0n) is 12.0. The summed E-state index contributed by atoms with van der Waals surface area (Å²) in [5.41, 5.74) is 8.62. The number of anilines is 2. The normalized spacial score (nSPS) is 20.4. The molecular formula is C15H22N4O. The fraction of sp³-hybridized carbons (Fsp3) is 0.533. The van der Waals surface area contributed by atoms with Gasteiger partial charge >= 0.3 is 0 Å². The molecule has 20 heavy (non-hydrogen) atoms. The third kappa shape index (κ3) is 2.64. The predicted octanol–water partition coefficient (Wildman–Crippen LogP) is 0.405. The minimum absolute atomic E-state index is 0.194. The SMILES string of the molecule is CN1CCN(CCN2C(=O)Cc3cc(N)ccc32)CC1. The van der Waals surface area contributed by atoms with Crippen molar-refractivity contribution < 1.29 is 4.79 Å². The molecule has 1 aromatic carbocycles. The van der Waals surface area contributed by atoms with E-state index in [9.17, 15) is 4.79 Å². The lowest BCUT2D eigenvalue weighted by Gasteiger charge is -2.33. The smallest absolute Gasteiger partial charge is 0.231 e. The molecule has 0 radical (unpaired) electrons. The summed E-state index contributed by atoms with van der Waals surface area (Å²) in [4.78, 5) is 18.8. The van der Waals surface area contributed by atoms with Gasteiger partial charge in [-0.2, -0.15) is 0 Å². The second-order valence-electron chi connectivity index (χ2n) is 5.76. The lowest BCUT2D eigenvalue weighted by Crippen LogP contribution is -2.47. The summed E-state index contributed by atoms with van der Waals surface area (Å²) in [6, 6.07) is 5.77. The van der Waals surface area contributed by atoms with Crippen LogP contribution in [0.5, 0.6) is 0 Å². The van der Waals surface area contributed by atoms with Crippen molar-refractivity contribution in [2.24, 2.45) is 0 Å². The number of hydrogen-bond acceptors (Lipinski definition) is 4. The zero-order valence-corrected chi connectivity index (χ0v) is 12.0. The van der Waals surface area contributed by atoms with Crippen LogP contribution in [-0.4, -0.2) is 62.0 Å². The maximum Gasteiger partial charge on any atom is 0.231 e. The van der Waals surface area contributed by atoms with E-state index >= 15 is 0 Å². The second kappa shape index (κ2) is 5.42. The standard InChI is InChI=1S/C15H22N4O/c1-17-4-6-18(7-5-17)8-9-19-14-3-2-13(16)10-12(14)11-15(19)20/h2-3,10H,4-9,11,16H2,1H3. The Morgan fingerprint density at radius 3 is 2.65 bits per heavy atom. The van der Waals surface area contributed by atoms with Crippen LogP contribution in [0.25, 0.3) is 0 Å². The number of piperazine rings is 1.